The first-order valence-electron chi connectivity index (χ1n) is 8.60. The second-order valence-corrected chi connectivity index (χ2v) is 6.83. The minimum absolute atomic E-state index is 0.0793. The van der Waals surface area contributed by atoms with Gasteiger partial charge in [0.05, 0.1) is 6.54 Å². The largest absolute Gasteiger partial charge is 0.505 e. The number of hydrogen-bond acceptors (Lipinski definition) is 5. The third-order valence-corrected chi connectivity index (χ3v) is 4.70. The van der Waals surface area contributed by atoms with Crippen LogP contribution in [0.25, 0.3) is 16.9 Å². The van der Waals surface area contributed by atoms with E-state index in [9.17, 15) is 14.7 Å². The van der Waals surface area contributed by atoms with E-state index >= 15 is 0 Å². The van der Waals surface area contributed by atoms with Crippen molar-refractivity contribution in [3.05, 3.63) is 59.3 Å². The standard InChI is InChI=1S/C20H20N3O4P/c1-2-22-23-11-16-14(12-6-8-13(28)9-7-12)4-3-5-15(16)19(26)18(23)20(27)21-10-17(24)25/h2-9,26H,10-11,28H2,1H3,(H,21,27)(H,24,25)/b22-2-. The van der Waals surface area contributed by atoms with E-state index in [1.165, 1.54) is 11.2 Å². The fraction of sp³-hybridized carbons (Fsp3) is 0.150. The van der Waals surface area contributed by atoms with Gasteiger partial charge < -0.3 is 15.5 Å². The molecule has 7 nitrogen and oxygen atoms in total. The highest BCUT2D eigenvalue weighted by atomic mass is 31.0. The van der Waals surface area contributed by atoms with Crippen molar-refractivity contribution < 1.29 is 19.8 Å². The number of amides is 1. The number of aliphatic hydroxyl groups is 1. The zero-order valence-corrected chi connectivity index (χ0v) is 16.4. The molecular formula is C20H20N3O4P. The van der Waals surface area contributed by atoms with Gasteiger partial charge in [-0.1, -0.05) is 42.5 Å². The number of aliphatic carboxylic acids is 1. The Labute approximate surface area is 164 Å². The van der Waals surface area contributed by atoms with Gasteiger partial charge in [-0.2, -0.15) is 5.10 Å². The first kappa shape index (κ1) is 19.6. The molecule has 0 saturated carbocycles. The zero-order chi connectivity index (χ0) is 20.3. The van der Waals surface area contributed by atoms with Gasteiger partial charge in [0.15, 0.2) is 11.5 Å². The summed E-state index contributed by atoms with van der Waals surface area (Å²) in [6, 6.07) is 13.4. The molecule has 0 aliphatic carbocycles. The Bertz CT molecular complexity index is 983. The van der Waals surface area contributed by atoms with Crippen LogP contribution in [0.2, 0.25) is 0 Å². The van der Waals surface area contributed by atoms with Crippen molar-refractivity contribution >= 4 is 38.4 Å². The normalized spacial score (nSPS) is 13.6. The lowest BCUT2D eigenvalue weighted by molar-refractivity contribution is -0.137. The Hall–Kier alpha value is -3.18. The number of fused-ring (bicyclic) bond motifs is 1. The summed E-state index contributed by atoms with van der Waals surface area (Å²) in [5, 5.41) is 28.5. The van der Waals surface area contributed by atoms with Crippen molar-refractivity contribution in [1.82, 2.24) is 10.3 Å². The van der Waals surface area contributed by atoms with Crippen molar-refractivity contribution in [3.8, 4) is 11.1 Å². The Morgan fingerprint density at radius 2 is 1.89 bits per heavy atom. The van der Waals surface area contributed by atoms with Crippen LogP contribution in [-0.4, -0.2) is 39.9 Å². The number of nitrogens with one attached hydrogen (secondary N) is 1. The molecule has 2 aromatic rings. The monoisotopic (exact) mass is 397 g/mol. The Kier molecular flexibility index (Phi) is 5.76. The summed E-state index contributed by atoms with van der Waals surface area (Å²) in [6.07, 6.45) is 1.51. The number of nitrogens with zero attached hydrogens (tertiary/aromatic N) is 2. The lowest BCUT2D eigenvalue weighted by Gasteiger charge is -2.29. The third-order valence-electron chi connectivity index (χ3n) is 4.31. The maximum absolute atomic E-state index is 12.5. The van der Waals surface area contributed by atoms with Gasteiger partial charge in [-0.05, 0) is 28.9 Å². The molecule has 1 atom stereocenters. The lowest BCUT2D eigenvalue weighted by Crippen LogP contribution is -2.38. The molecule has 1 amide bonds. The van der Waals surface area contributed by atoms with Crippen LogP contribution in [0.4, 0.5) is 0 Å². The van der Waals surface area contributed by atoms with Gasteiger partial charge in [0.2, 0.25) is 0 Å². The highest BCUT2D eigenvalue weighted by Gasteiger charge is 2.31. The van der Waals surface area contributed by atoms with E-state index in [1.54, 1.807) is 13.0 Å². The van der Waals surface area contributed by atoms with Crippen molar-refractivity contribution in [2.75, 3.05) is 6.54 Å². The molecule has 1 unspecified atom stereocenters. The second-order valence-electron chi connectivity index (χ2n) is 6.16. The Morgan fingerprint density at radius 3 is 2.54 bits per heavy atom. The molecule has 1 aliphatic heterocycles. The van der Waals surface area contributed by atoms with Crippen molar-refractivity contribution in [3.63, 3.8) is 0 Å². The molecule has 28 heavy (non-hydrogen) atoms. The quantitative estimate of drug-likeness (QED) is 0.530. The van der Waals surface area contributed by atoms with Gasteiger partial charge in [-0.3, -0.25) is 14.6 Å². The SMILES string of the molecule is C/C=N\N1Cc2c(cccc2-c2ccc(P)cc2)C(O)=C1C(=O)NCC(=O)O. The van der Waals surface area contributed by atoms with E-state index in [0.717, 1.165) is 22.0 Å². The van der Waals surface area contributed by atoms with Crippen LogP contribution < -0.4 is 10.6 Å². The predicted octanol–water partition coefficient (Wildman–Crippen LogP) is 2.10. The molecule has 0 radical (unpaired) electrons. The fourth-order valence-electron chi connectivity index (χ4n) is 3.09. The first-order chi connectivity index (χ1) is 13.4. The Morgan fingerprint density at radius 1 is 1.21 bits per heavy atom. The minimum Gasteiger partial charge on any atom is -0.505 e. The van der Waals surface area contributed by atoms with Crippen LogP contribution in [0, 0.1) is 0 Å². The van der Waals surface area contributed by atoms with Crippen LogP contribution in [0.3, 0.4) is 0 Å². The number of benzene rings is 2. The summed E-state index contributed by atoms with van der Waals surface area (Å²) in [6.45, 7) is 1.41. The molecule has 0 aromatic heterocycles. The van der Waals surface area contributed by atoms with E-state index in [-0.39, 0.29) is 18.0 Å². The van der Waals surface area contributed by atoms with Gasteiger partial charge in [-0.25, -0.2) is 0 Å². The number of hydrazone groups is 1. The van der Waals surface area contributed by atoms with Crippen LogP contribution in [0.5, 0.6) is 0 Å². The fourth-order valence-corrected chi connectivity index (χ4v) is 3.29. The molecule has 0 fully saturated rings. The molecule has 3 rings (SSSR count). The van der Waals surface area contributed by atoms with Crippen LogP contribution in [0.15, 0.2) is 53.3 Å². The van der Waals surface area contributed by atoms with Crippen molar-refractivity contribution in [1.29, 1.82) is 0 Å². The van der Waals surface area contributed by atoms with E-state index in [2.05, 4.69) is 19.7 Å². The molecule has 1 heterocycles. The van der Waals surface area contributed by atoms with Gasteiger partial charge in [0.1, 0.15) is 6.54 Å². The summed E-state index contributed by atoms with van der Waals surface area (Å²) in [5.41, 5.74) is 3.18. The predicted molar refractivity (Wildman–Crippen MR) is 111 cm³/mol. The molecule has 0 spiro atoms. The summed E-state index contributed by atoms with van der Waals surface area (Å²) in [5.74, 6) is -2.11. The maximum Gasteiger partial charge on any atom is 0.322 e. The molecule has 2 aromatic carbocycles. The Balaban J connectivity index is 2.10. The van der Waals surface area contributed by atoms with Gasteiger partial charge >= 0.3 is 5.97 Å². The smallest absolute Gasteiger partial charge is 0.322 e. The number of hydrogen-bond donors (Lipinski definition) is 3. The lowest BCUT2D eigenvalue weighted by atomic mass is 9.91. The van der Waals surface area contributed by atoms with Crippen LogP contribution >= 0.6 is 9.24 Å². The maximum atomic E-state index is 12.5. The van der Waals surface area contributed by atoms with Gasteiger partial charge in [0, 0.05) is 11.8 Å². The summed E-state index contributed by atoms with van der Waals surface area (Å²) < 4.78 is 0. The molecular weight excluding hydrogens is 377 g/mol. The molecule has 0 saturated heterocycles. The second kappa shape index (κ2) is 8.23. The number of aliphatic hydroxyl groups excluding tert-OH is 1. The number of carboxylic acids is 1. The molecule has 1 aliphatic rings. The van der Waals surface area contributed by atoms with Crippen LogP contribution in [-0.2, 0) is 16.1 Å². The van der Waals surface area contributed by atoms with Crippen molar-refractivity contribution in [2.24, 2.45) is 5.10 Å². The van der Waals surface area contributed by atoms with Crippen molar-refractivity contribution in [2.45, 2.75) is 13.5 Å². The third kappa shape index (κ3) is 3.89. The number of carbonyl (C=O) groups is 2. The summed E-state index contributed by atoms with van der Waals surface area (Å²) >= 11 is 0. The average molecular weight is 397 g/mol. The molecule has 0 bridgehead atoms. The highest BCUT2D eigenvalue weighted by molar-refractivity contribution is 7.27. The first-order valence-corrected chi connectivity index (χ1v) is 9.17. The zero-order valence-electron chi connectivity index (χ0n) is 15.2. The summed E-state index contributed by atoms with van der Waals surface area (Å²) in [4.78, 5) is 23.3. The van der Waals surface area contributed by atoms with E-state index < -0.39 is 18.4 Å². The number of rotatable bonds is 5. The van der Waals surface area contributed by atoms with E-state index in [4.69, 9.17) is 5.11 Å². The average Bonchev–Trinajstić information content (AvgIpc) is 2.67. The topological polar surface area (TPSA) is 102 Å². The van der Waals surface area contributed by atoms with E-state index in [0.29, 0.717) is 5.56 Å². The van der Waals surface area contributed by atoms with Gasteiger partial charge in [-0.15, -0.1) is 9.24 Å². The molecule has 144 valence electrons. The molecule has 8 heteroatoms. The van der Waals surface area contributed by atoms with Crippen LogP contribution in [0.1, 0.15) is 18.1 Å². The van der Waals surface area contributed by atoms with E-state index in [1.807, 2.05) is 36.4 Å². The number of carbonyl (C=O) groups excluding carboxylic acids is 1. The van der Waals surface area contributed by atoms with Gasteiger partial charge in [0.25, 0.3) is 5.91 Å². The molecule has 3 N–H and O–H groups in total. The minimum atomic E-state index is -1.17. The highest BCUT2D eigenvalue weighted by Crippen LogP contribution is 2.36. The summed E-state index contributed by atoms with van der Waals surface area (Å²) in [7, 11) is 2.64. The number of carboxylic acid groups (broad SMARTS) is 1.